The Bertz CT molecular complexity index is 401. The third-order valence-electron chi connectivity index (χ3n) is 4.57. The van der Waals surface area contributed by atoms with Crippen molar-refractivity contribution in [2.45, 2.75) is 38.4 Å². The van der Waals surface area contributed by atoms with Gasteiger partial charge < -0.3 is 19.6 Å². The maximum atomic E-state index is 12.4. The van der Waals surface area contributed by atoms with Crippen molar-refractivity contribution in [1.29, 1.82) is 0 Å². The molecule has 3 rings (SSSR count). The minimum absolute atomic E-state index is 0.0230. The minimum Gasteiger partial charge on any atom is -0.481 e. The van der Waals surface area contributed by atoms with Gasteiger partial charge in [-0.15, -0.1) is 0 Å². The summed E-state index contributed by atoms with van der Waals surface area (Å²) < 4.78 is 5.71. The molecule has 6 nitrogen and oxygen atoms in total. The fourth-order valence-electron chi connectivity index (χ4n) is 3.27. The summed E-state index contributed by atoms with van der Waals surface area (Å²) in [6.45, 7) is 3.86. The zero-order valence-corrected chi connectivity index (χ0v) is 11.2. The molecule has 3 atom stereocenters. The number of aliphatic carboxylic acids is 1. The van der Waals surface area contributed by atoms with Crippen LogP contribution < -0.4 is 0 Å². The Hall–Kier alpha value is -1.30. The second kappa shape index (κ2) is 4.37. The number of hydrogen-bond acceptors (Lipinski definition) is 3. The Morgan fingerprint density at radius 3 is 2.37 bits per heavy atom. The summed E-state index contributed by atoms with van der Waals surface area (Å²) in [5.41, 5.74) is -0.791. The molecule has 3 fully saturated rings. The van der Waals surface area contributed by atoms with Crippen LogP contribution in [0, 0.1) is 5.41 Å². The standard InChI is InChI=1S/C13H20N2O4/c1-13(11(16)17)4-5-14(8-13)12(18)15-6-9-2-3-10(7-15)19-9/h9-10H,2-8H2,1H3,(H,16,17). The maximum absolute atomic E-state index is 12.4. The summed E-state index contributed by atoms with van der Waals surface area (Å²) in [5.74, 6) is -0.815. The molecule has 0 saturated carbocycles. The van der Waals surface area contributed by atoms with Crippen LogP contribution in [0.3, 0.4) is 0 Å². The van der Waals surface area contributed by atoms with Gasteiger partial charge in [-0.05, 0) is 26.2 Å². The van der Waals surface area contributed by atoms with Crippen LogP contribution in [0.25, 0.3) is 0 Å². The second-order valence-corrected chi connectivity index (χ2v) is 6.18. The number of rotatable bonds is 1. The summed E-state index contributed by atoms with van der Waals surface area (Å²) in [7, 11) is 0. The monoisotopic (exact) mass is 268 g/mol. The highest BCUT2D eigenvalue weighted by Crippen LogP contribution is 2.32. The lowest BCUT2D eigenvalue weighted by Gasteiger charge is -2.35. The van der Waals surface area contributed by atoms with Gasteiger partial charge in [-0.2, -0.15) is 0 Å². The first-order chi connectivity index (χ1) is 8.98. The predicted molar refractivity (Wildman–Crippen MR) is 66.8 cm³/mol. The van der Waals surface area contributed by atoms with Crippen molar-refractivity contribution in [2.24, 2.45) is 5.41 Å². The second-order valence-electron chi connectivity index (χ2n) is 6.18. The van der Waals surface area contributed by atoms with Crippen LogP contribution in [0.15, 0.2) is 0 Å². The van der Waals surface area contributed by atoms with E-state index in [0.717, 1.165) is 12.8 Å². The number of carboxylic acid groups (broad SMARTS) is 1. The third-order valence-corrected chi connectivity index (χ3v) is 4.57. The van der Waals surface area contributed by atoms with Crippen molar-refractivity contribution >= 4 is 12.0 Å². The van der Waals surface area contributed by atoms with Gasteiger partial charge >= 0.3 is 12.0 Å². The summed E-state index contributed by atoms with van der Waals surface area (Å²) >= 11 is 0. The van der Waals surface area contributed by atoms with E-state index in [9.17, 15) is 14.7 Å². The SMILES string of the molecule is CC1(C(=O)O)CCN(C(=O)N2CC3CCC(C2)O3)C1. The Labute approximate surface area is 112 Å². The molecule has 6 heteroatoms. The minimum atomic E-state index is -0.815. The number of ether oxygens (including phenoxy) is 1. The van der Waals surface area contributed by atoms with Gasteiger partial charge in [0.25, 0.3) is 0 Å². The molecule has 106 valence electrons. The van der Waals surface area contributed by atoms with Crippen molar-refractivity contribution < 1.29 is 19.4 Å². The Balaban J connectivity index is 1.64. The highest BCUT2D eigenvalue weighted by atomic mass is 16.5. The molecule has 3 aliphatic heterocycles. The fourth-order valence-corrected chi connectivity index (χ4v) is 3.27. The molecule has 3 unspecified atom stereocenters. The van der Waals surface area contributed by atoms with Crippen LogP contribution >= 0.6 is 0 Å². The van der Waals surface area contributed by atoms with E-state index < -0.39 is 11.4 Å². The summed E-state index contributed by atoms with van der Waals surface area (Å²) in [6.07, 6.45) is 2.95. The third kappa shape index (κ3) is 2.18. The lowest BCUT2D eigenvalue weighted by Crippen LogP contribution is -2.51. The van der Waals surface area contributed by atoms with E-state index in [1.165, 1.54) is 0 Å². The molecule has 0 radical (unpaired) electrons. The Morgan fingerprint density at radius 1 is 1.21 bits per heavy atom. The molecule has 19 heavy (non-hydrogen) atoms. The van der Waals surface area contributed by atoms with Crippen LogP contribution in [0.1, 0.15) is 26.2 Å². The zero-order chi connectivity index (χ0) is 13.6. The molecular weight excluding hydrogens is 248 g/mol. The van der Waals surface area contributed by atoms with Crippen molar-refractivity contribution in [2.75, 3.05) is 26.2 Å². The molecule has 0 aromatic rings. The quantitative estimate of drug-likeness (QED) is 0.762. The van der Waals surface area contributed by atoms with Crippen molar-refractivity contribution in [3.63, 3.8) is 0 Å². The number of urea groups is 1. The predicted octanol–water partition coefficient (Wildman–Crippen LogP) is 0.766. The highest BCUT2D eigenvalue weighted by Gasteiger charge is 2.44. The van der Waals surface area contributed by atoms with Crippen LogP contribution in [-0.2, 0) is 9.53 Å². The number of fused-ring (bicyclic) bond motifs is 2. The van der Waals surface area contributed by atoms with Gasteiger partial charge in [0.05, 0.1) is 17.6 Å². The first-order valence-electron chi connectivity index (χ1n) is 6.91. The van der Waals surface area contributed by atoms with E-state index in [1.807, 2.05) is 4.90 Å². The van der Waals surface area contributed by atoms with E-state index in [2.05, 4.69) is 0 Å². The molecule has 0 aromatic carbocycles. The number of carbonyl (C=O) groups is 2. The van der Waals surface area contributed by atoms with Crippen LogP contribution in [-0.4, -0.2) is 65.3 Å². The van der Waals surface area contributed by atoms with Crippen molar-refractivity contribution in [1.82, 2.24) is 9.80 Å². The smallest absolute Gasteiger partial charge is 0.320 e. The molecule has 1 N–H and O–H groups in total. The summed E-state index contributed by atoms with van der Waals surface area (Å²) in [5, 5.41) is 9.20. The molecule has 0 spiro atoms. The maximum Gasteiger partial charge on any atom is 0.320 e. The van der Waals surface area contributed by atoms with Gasteiger partial charge in [-0.1, -0.05) is 0 Å². The number of carboxylic acids is 1. The van der Waals surface area contributed by atoms with E-state index >= 15 is 0 Å². The number of carbonyl (C=O) groups excluding carboxylic acids is 1. The lowest BCUT2D eigenvalue weighted by molar-refractivity contribution is -0.147. The average molecular weight is 268 g/mol. The normalized spacial score (nSPS) is 37.7. The molecule has 3 saturated heterocycles. The van der Waals surface area contributed by atoms with Gasteiger partial charge in [0, 0.05) is 26.2 Å². The zero-order valence-electron chi connectivity index (χ0n) is 11.2. The van der Waals surface area contributed by atoms with E-state index in [4.69, 9.17) is 4.74 Å². The van der Waals surface area contributed by atoms with E-state index in [-0.39, 0.29) is 18.2 Å². The van der Waals surface area contributed by atoms with Gasteiger partial charge in [0.1, 0.15) is 0 Å². The Kier molecular flexibility index (Phi) is 2.92. The molecule has 2 amide bonds. The Morgan fingerprint density at radius 2 is 1.84 bits per heavy atom. The average Bonchev–Trinajstić information content (AvgIpc) is 2.93. The molecule has 2 bridgehead atoms. The molecule has 3 heterocycles. The van der Waals surface area contributed by atoms with Crippen LogP contribution in [0.5, 0.6) is 0 Å². The number of nitrogens with zero attached hydrogens (tertiary/aromatic N) is 2. The number of hydrogen-bond donors (Lipinski definition) is 1. The molecule has 3 aliphatic rings. The number of likely N-dealkylation sites (tertiary alicyclic amines) is 2. The van der Waals surface area contributed by atoms with Gasteiger partial charge in [-0.25, -0.2) is 4.79 Å². The summed E-state index contributed by atoms with van der Waals surface area (Å²) in [6, 6.07) is -0.0230. The van der Waals surface area contributed by atoms with Crippen LogP contribution in [0.2, 0.25) is 0 Å². The largest absolute Gasteiger partial charge is 0.481 e. The molecule has 0 aliphatic carbocycles. The fraction of sp³-hybridized carbons (Fsp3) is 0.846. The van der Waals surface area contributed by atoms with Gasteiger partial charge in [0.15, 0.2) is 0 Å². The van der Waals surface area contributed by atoms with Gasteiger partial charge in [0.2, 0.25) is 0 Å². The van der Waals surface area contributed by atoms with Gasteiger partial charge in [-0.3, -0.25) is 4.79 Å². The van der Waals surface area contributed by atoms with Crippen molar-refractivity contribution in [3.05, 3.63) is 0 Å². The van der Waals surface area contributed by atoms with E-state index in [0.29, 0.717) is 32.6 Å². The first kappa shape index (κ1) is 12.7. The first-order valence-corrected chi connectivity index (χ1v) is 6.91. The molecule has 0 aromatic heterocycles. The summed E-state index contributed by atoms with van der Waals surface area (Å²) in [4.78, 5) is 27.2. The number of morpholine rings is 1. The topological polar surface area (TPSA) is 70.1 Å². The van der Waals surface area contributed by atoms with Crippen LogP contribution in [0.4, 0.5) is 4.79 Å². The lowest BCUT2D eigenvalue weighted by atomic mass is 9.90. The van der Waals surface area contributed by atoms with E-state index in [1.54, 1.807) is 11.8 Å². The number of amides is 2. The highest BCUT2D eigenvalue weighted by molar-refractivity contribution is 5.79. The van der Waals surface area contributed by atoms with Crippen molar-refractivity contribution in [3.8, 4) is 0 Å². The molecular formula is C13H20N2O4.